The number of nitrogens with one attached hydrogen (secondary N) is 1. The van der Waals surface area contributed by atoms with E-state index in [2.05, 4.69) is 22.7 Å². The number of rotatable bonds is 6. The lowest BCUT2D eigenvalue weighted by molar-refractivity contribution is -0.384. The Morgan fingerprint density at radius 1 is 1.27 bits per heavy atom. The van der Waals surface area contributed by atoms with Crippen molar-refractivity contribution in [3.63, 3.8) is 0 Å². The van der Waals surface area contributed by atoms with Crippen molar-refractivity contribution in [3.05, 3.63) is 40.5 Å². The van der Waals surface area contributed by atoms with E-state index in [9.17, 15) is 18.5 Å². The molecule has 1 aromatic carbocycles. The number of sulfonamides is 1. The summed E-state index contributed by atoms with van der Waals surface area (Å²) in [7, 11) is -3.69. The molecular weight excluding hydrogens is 356 g/mol. The van der Waals surface area contributed by atoms with Gasteiger partial charge in [-0.15, -0.1) is 0 Å². The summed E-state index contributed by atoms with van der Waals surface area (Å²) in [6.07, 6.45) is 10.5. The highest BCUT2D eigenvalue weighted by molar-refractivity contribution is 7.89. The van der Waals surface area contributed by atoms with Crippen LogP contribution < -0.4 is 5.43 Å². The summed E-state index contributed by atoms with van der Waals surface area (Å²) in [6.45, 7) is 0.909. The van der Waals surface area contributed by atoms with Crippen molar-refractivity contribution < 1.29 is 13.3 Å². The van der Waals surface area contributed by atoms with Gasteiger partial charge >= 0.3 is 0 Å². The van der Waals surface area contributed by atoms with E-state index in [4.69, 9.17) is 0 Å². The highest BCUT2D eigenvalue weighted by Crippen LogP contribution is 2.30. The fourth-order valence-corrected chi connectivity index (χ4v) is 4.70. The van der Waals surface area contributed by atoms with Crippen molar-refractivity contribution in [2.45, 2.75) is 37.0 Å². The summed E-state index contributed by atoms with van der Waals surface area (Å²) in [5.41, 5.74) is 2.56. The number of nitrogens with zero attached hydrogens (tertiary/aromatic N) is 3. The smallest absolute Gasteiger partial charge is 0.272 e. The molecule has 0 unspecified atom stereocenters. The number of hydrogen-bond donors (Lipinski definition) is 1. The van der Waals surface area contributed by atoms with Gasteiger partial charge in [-0.25, -0.2) is 8.42 Å². The first-order chi connectivity index (χ1) is 12.5. The molecule has 0 spiro atoms. The molecule has 1 aromatic rings. The first kappa shape index (κ1) is 18.5. The zero-order chi connectivity index (χ0) is 18.6. The lowest BCUT2D eigenvalue weighted by atomic mass is 9.96. The maximum absolute atomic E-state index is 12.6. The Bertz CT molecular complexity index is 829. The van der Waals surface area contributed by atoms with E-state index in [1.165, 1.54) is 16.4 Å². The maximum Gasteiger partial charge on any atom is 0.295 e. The minimum Gasteiger partial charge on any atom is -0.272 e. The lowest BCUT2D eigenvalue weighted by Crippen LogP contribution is -2.27. The zero-order valence-corrected chi connectivity index (χ0v) is 15.2. The molecule has 1 aliphatic carbocycles. The Morgan fingerprint density at radius 2 is 2.04 bits per heavy atom. The highest BCUT2D eigenvalue weighted by Gasteiger charge is 2.29. The van der Waals surface area contributed by atoms with E-state index in [0.29, 0.717) is 19.0 Å². The van der Waals surface area contributed by atoms with Gasteiger partial charge in [0.1, 0.15) is 5.69 Å². The standard InChI is InChI=1S/C17H22N4O4S/c22-21(23)17-12-15(26(24,25)20-10-4-5-11-20)8-9-16(17)19-18-13-14-6-2-1-3-7-14/h1-2,8-9,12-14,19H,3-7,10-11H2/b18-13-/t14-/m0/s1. The van der Waals surface area contributed by atoms with Crippen LogP contribution in [0, 0.1) is 16.0 Å². The zero-order valence-electron chi connectivity index (χ0n) is 14.4. The molecule has 140 valence electrons. The predicted molar refractivity (Wildman–Crippen MR) is 99.7 cm³/mol. The van der Waals surface area contributed by atoms with Crippen molar-refractivity contribution in [2.75, 3.05) is 18.5 Å². The molecule has 1 fully saturated rings. The van der Waals surface area contributed by atoms with Gasteiger partial charge in [0.2, 0.25) is 10.0 Å². The van der Waals surface area contributed by atoms with Crippen LogP contribution in [0.25, 0.3) is 0 Å². The molecule has 26 heavy (non-hydrogen) atoms. The van der Waals surface area contributed by atoms with Gasteiger partial charge in [0.05, 0.1) is 9.82 Å². The number of hydrogen-bond acceptors (Lipinski definition) is 6. The molecular formula is C17H22N4O4S. The van der Waals surface area contributed by atoms with Gasteiger partial charge in [-0.05, 0) is 50.2 Å². The molecule has 0 aromatic heterocycles. The molecule has 1 aliphatic heterocycles. The van der Waals surface area contributed by atoms with Gasteiger partial charge in [-0.2, -0.15) is 9.41 Å². The van der Waals surface area contributed by atoms with Gasteiger partial charge in [0, 0.05) is 25.4 Å². The van der Waals surface area contributed by atoms with Crippen molar-refractivity contribution in [3.8, 4) is 0 Å². The number of anilines is 1. The summed E-state index contributed by atoms with van der Waals surface area (Å²) >= 11 is 0. The minimum absolute atomic E-state index is 0.0574. The Labute approximate surface area is 152 Å². The second kappa shape index (κ2) is 7.96. The molecule has 1 heterocycles. The fourth-order valence-electron chi connectivity index (χ4n) is 3.16. The average Bonchev–Trinajstić information content (AvgIpc) is 3.18. The predicted octanol–water partition coefficient (Wildman–Crippen LogP) is 3.13. The van der Waals surface area contributed by atoms with Crippen molar-refractivity contribution in [2.24, 2.45) is 11.0 Å². The average molecular weight is 378 g/mol. The topological polar surface area (TPSA) is 105 Å². The Hall–Kier alpha value is -2.26. The third-order valence-corrected chi connectivity index (χ3v) is 6.54. The SMILES string of the molecule is O=[N+]([O-])c1cc(S(=O)(=O)N2CCCC2)ccc1N/N=C\[C@H]1CC=CCC1. The molecule has 9 heteroatoms. The minimum atomic E-state index is -3.69. The molecule has 8 nitrogen and oxygen atoms in total. The van der Waals surface area contributed by atoms with Gasteiger partial charge in [-0.1, -0.05) is 12.2 Å². The van der Waals surface area contributed by atoms with E-state index in [1.807, 2.05) is 0 Å². The molecule has 0 radical (unpaired) electrons. The Balaban J connectivity index is 1.79. The van der Waals surface area contributed by atoms with Crippen LogP contribution in [0.5, 0.6) is 0 Å². The summed E-state index contributed by atoms with van der Waals surface area (Å²) < 4.78 is 26.5. The van der Waals surface area contributed by atoms with Gasteiger partial charge in [0.15, 0.2) is 0 Å². The largest absolute Gasteiger partial charge is 0.295 e. The second-order valence-electron chi connectivity index (χ2n) is 6.48. The number of nitro groups is 1. The molecule has 1 saturated heterocycles. The van der Waals surface area contributed by atoms with Gasteiger partial charge < -0.3 is 0 Å². The van der Waals surface area contributed by atoms with Crippen molar-refractivity contribution in [1.29, 1.82) is 0 Å². The van der Waals surface area contributed by atoms with Crippen LogP contribution in [-0.4, -0.2) is 37.0 Å². The van der Waals surface area contributed by atoms with E-state index < -0.39 is 14.9 Å². The maximum atomic E-state index is 12.6. The van der Waals surface area contributed by atoms with Crippen LogP contribution in [0.4, 0.5) is 11.4 Å². The molecule has 1 N–H and O–H groups in total. The van der Waals surface area contributed by atoms with Crippen LogP contribution in [0.15, 0.2) is 40.3 Å². The van der Waals surface area contributed by atoms with Crippen molar-refractivity contribution >= 4 is 27.6 Å². The van der Waals surface area contributed by atoms with Crippen LogP contribution in [-0.2, 0) is 10.0 Å². The second-order valence-corrected chi connectivity index (χ2v) is 8.42. The van der Waals surface area contributed by atoms with E-state index >= 15 is 0 Å². The van der Waals surface area contributed by atoms with Gasteiger partial charge in [-0.3, -0.25) is 15.5 Å². The highest BCUT2D eigenvalue weighted by atomic mass is 32.2. The third kappa shape index (κ3) is 4.10. The molecule has 3 rings (SSSR count). The van der Waals surface area contributed by atoms with Crippen LogP contribution in [0.2, 0.25) is 0 Å². The normalized spacial score (nSPS) is 21.3. The molecule has 0 saturated carbocycles. The number of nitro benzene ring substituents is 1. The number of benzene rings is 1. The van der Waals surface area contributed by atoms with E-state index in [1.54, 1.807) is 6.21 Å². The van der Waals surface area contributed by atoms with E-state index in [-0.39, 0.29) is 16.3 Å². The molecule has 0 bridgehead atoms. The van der Waals surface area contributed by atoms with Gasteiger partial charge in [0.25, 0.3) is 5.69 Å². The van der Waals surface area contributed by atoms with E-state index in [0.717, 1.165) is 38.2 Å². The Kier molecular flexibility index (Phi) is 5.67. The lowest BCUT2D eigenvalue weighted by Gasteiger charge is -2.15. The van der Waals surface area contributed by atoms with Crippen LogP contribution >= 0.6 is 0 Å². The fraction of sp³-hybridized carbons (Fsp3) is 0.471. The summed E-state index contributed by atoms with van der Waals surface area (Å²) in [5.74, 6) is 0.307. The molecule has 2 aliphatic rings. The summed E-state index contributed by atoms with van der Waals surface area (Å²) in [6, 6.07) is 3.90. The number of hydrazone groups is 1. The quantitative estimate of drug-likeness (QED) is 0.354. The first-order valence-corrected chi connectivity index (χ1v) is 10.2. The van der Waals surface area contributed by atoms with Crippen LogP contribution in [0.1, 0.15) is 32.1 Å². The Morgan fingerprint density at radius 3 is 2.69 bits per heavy atom. The summed E-state index contributed by atoms with van der Waals surface area (Å²) in [5, 5.41) is 15.5. The van der Waals surface area contributed by atoms with Crippen LogP contribution in [0.3, 0.4) is 0 Å². The third-order valence-electron chi connectivity index (χ3n) is 4.65. The monoisotopic (exact) mass is 378 g/mol. The summed E-state index contributed by atoms with van der Waals surface area (Å²) in [4.78, 5) is 10.7. The molecule has 0 amide bonds. The number of allylic oxidation sites excluding steroid dienone is 2. The molecule has 1 atom stereocenters. The first-order valence-electron chi connectivity index (χ1n) is 8.71. The van der Waals surface area contributed by atoms with Crippen molar-refractivity contribution in [1.82, 2.24) is 4.31 Å².